The van der Waals surface area contributed by atoms with Crippen molar-refractivity contribution in [3.63, 3.8) is 0 Å². The first kappa shape index (κ1) is 12.3. The van der Waals surface area contributed by atoms with Gasteiger partial charge in [0.05, 0.1) is 11.4 Å². The maximum Gasteiger partial charge on any atom is 0.150 e. The zero-order valence-electron chi connectivity index (χ0n) is 11.4. The summed E-state index contributed by atoms with van der Waals surface area (Å²) < 4.78 is 1.94. The van der Waals surface area contributed by atoms with Crippen LogP contribution in [0.3, 0.4) is 0 Å². The van der Waals surface area contributed by atoms with E-state index in [1.54, 1.807) is 0 Å². The predicted octanol–water partition coefficient (Wildman–Crippen LogP) is 2.05. The smallest absolute Gasteiger partial charge is 0.150 e. The molecule has 1 fully saturated rings. The van der Waals surface area contributed by atoms with Crippen LogP contribution in [0.2, 0.25) is 0 Å². The van der Waals surface area contributed by atoms with Crippen LogP contribution >= 0.6 is 0 Å². The average Bonchev–Trinajstić information content (AvgIpc) is 2.58. The van der Waals surface area contributed by atoms with Crippen molar-refractivity contribution in [3.05, 3.63) is 5.69 Å². The molecule has 2 rings (SSSR count). The van der Waals surface area contributed by atoms with E-state index >= 15 is 0 Å². The van der Waals surface area contributed by atoms with Gasteiger partial charge in [0, 0.05) is 20.1 Å². The number of piperidine rings is 1. The van der Waals surface area contributed by atoms with E-state index < -0.39 is 0 Å². The second-order valence-electron chi connectivity index (χ2n) is 5.35. The van der Waals surface area contributed by atoms with Crippen molar-refractivity contribution in [2.75, 3.05) is 23.7 Å². The molecule has 0 aromatic carbocycles. The Balaban J connectivity index is 2.25. The van der Waals surface area contributed by atoms with E-state index in [9.17, 15) is 0 Å². The Labute approximate surface area is 104 Å². The maximum atomic E-state index is 6.20. The molecule has 2 atom stereocenters. The number of hydrogen-bond donors (Lipinski definition) is 1. The number of hydrogen-bond acceptors (Lipinski definition) is 3. The largest absolute Gasteiger partial charge is 0.394 e. The fourth-order valence-electron chi connectivity index (χ4n) is 2.68. The standard InChI is InChI=1S/C13H24N4/c1-5-11-12(14)13(16(4)15-11)17-7-6-9(2)10(3)8-17/h9-10H,5-8,14H2,1-4H3. The van der Waals surface area contributed by atoms with E-state index in [0.717, 1.165) is 48.5 Å². The Morgan fingerprint density at radius 1 is 1.35 bits per heavy atom. The number of aryl methyl sites for hydroxylation is 2. The van der Waals surface area contributed by atoms with Crippen LogP contribution in [-0.2, 0) is 13.5 Å². The van der Waals surface area contributed by atoms with E-state index in [-0.39, 0.29) is 0 Å². The van der Waals surface area contributed by atoms with E-state index in [1.807, 2.05) is 11.7 Å². The van der Waals surface area contributed by atoms with Crippen LogP contribution in [0.5, 0.6) is 0 Å². The van der Waals surface area contributed by atoms with Gasteiger partial charge in [0.25, 0.3) is 0 Å². The molecule has 2 heterocycles. The van der Waals surface area contributed by atoms with Crippen LogP contribution in [-0.4, -0.2) is 22.9 Å². The Hall–Kier alpha value is -1.19. The summed E-state index contributed by atoms with van der Waals surface area (Å²) in [7, 11) is 1.99. The minimum absolute atomic E-state index is 0.725. The molecule has 4 heteroatoms. The molecule has 96 valence electrons. The molecule has 1 aliphatic heterocycles. The van der Waals surface area contributed by atoms with E-state index in [2.05, 4.69) is 30.8 Å². The summed E-state index contributed by atoms with van der Waals surface area (Å²) in [6, 6.07) is 0. The molecule has 0 aliphatic carbocycles. The number of nitrogens with zero attached hydrogens (tertiary/aromatic N) is 3. The summed E-state index contributed by atoms with van der Waals surface area (Å²) in [6.07, 6.45) is 2.15. The van der Waals surface area contributed by atoms with Crippen molar-refractivity contribution in [3.8, 4) is 0 Å². The molecule has 0 bridgehead atoms. The zero-order chi connectivity index (χ0) is 12.6. The minimum atomic E-state index is 0.725. The Kier molecular flexibility index (Phi) is 3.31. The van der Waals surface area contributed by atoms with Gasteiger partial charge < -0.3 is 10.6 Å². The molecule has 0 amide bonds. The average molecular weight is 236 g/mol. The highest BCUT2D eigenvalue weighted by Gasteiger charge is 2.26. The number of nitrogens with two attached hydrogens (primary N) is 1. The van der Waals surface area contributed by atoms with Crippen molar-refractivity contribution in [2.24, 2.45) is 18.9 Å². The topological polar surface area (TPSA) is 47.1 Å². The van der Waals surface area contributed by atoms with Gasteiger partial charge in [0.15, 0.2) is 0 Å². The lowest BCUT2D eigenvalue weighted by atomic mass is 9.89. The van der Waals surface area contributed by atoms with Gasteiger partial charge in [-0.1, -0.05) is 20.8 Å². The van der Waals surface area contributed by atoms with Gasteiger partial charge in [0.1, 0.15) is 5.82 Å². The third-order valence-electron chi connectivity index (χ3n) is 4.10. The van der Waals surface area contributed by atoms with Crippen LogP contribution in [0.25, 0.3) is 0 Å². The third kappa shape index (κ3) is 2.13. The third-order valence-corrected chi connectivity index (χ3v) is 4.10. The number of anilines is 2. The summed E-state index contributed by atoms with van der Waals surface area (Å²) in [4.78, 5) is 2.40. The van der Waals surface area contributed by atoms with E-state index in [0.29, 0.717) is 0 Å². The summed E-state index contributed by atoms with van der Waals surface area (Å²) in [6.45, 7) is 8.95. The lowest BCUT2D eigenvalue weighted by molar-refractivity contribution is 0.321. The predicted molar refractivity (Wildman–Crippen MR) is 72.2 cm³/mol. The lowest BCUT2D eigenvalue weighted by Gasteiger charge is -2.36. The fourth-order valence-corrected chi connectivity index (χ4v) is 2.68. The van der Waals surface area contributed by atoms with Crippen molar-refractivity contribution in [1.29, 1.82) is 0 Å². The lowest BCUT2D eigenvalue weighted by Crippen LogP contribution is -2.39. The first-order valence-electron chi connectivity index (χ1n) is 6.60. The summed E-state index contributed by atoms with van der Waals surface area (Å²) in [5.41, 5.74) is 8.09. The molecule has 17 heavy (non-hydrogen) atoms. The number of rotatable bonds is 2. The molecule has 2 N–H and O–H groups in total. The summed E-state index contributed by atoms with van der Waals surface area (Å²) in [5, 5.41) is 4.50. The van der Waals surface area contributed by atoms with Crippen molar-refractivity contribution < 1.29 is 0 Å². The van der Waals surface area contributed by atoms with Gasteiger partial charge in [-0.3, -0.25) is 4.68 Å². The molecule has 0 spiro atoms. The van der Waals surface area contributed by atoms with E-state index in [1.165, 1.54) is 6.42 Å². The van der Waals surface area contributed by atoms with Gasteiger partial charge >= 0.3 is 0 Å². The second-order valence-corrected chi connectivity index (χ2v) is 5.35. The SMILES string of the molecule is CCc1nn(C)c(N2CCC(C)C(C)C2)c1N. The zero-order valence-corrected chi connectivity index (χ0v) is 11.4. The maximum absolute atomic E-state index is 6.20. The highest BCUT2D eigenvalue weighted by molar-refractivity contribution is 5.66. The highest BCUT2D eigenvalue weighted by Crippen LogP contribution is 2.32. The van der Waals surface area contributed by atoms with Crippen molar-refractivity contribution in [1.82, 2.24) is 9.78 Å². The number of aromatic nitrogens is 2. The molecule has 1 aliphatic rings. The first-order valence-corrected chi connectivity index (χ1v) is 6.60. The molecule has 1 aromatic heterocycles. The first-order chi connectivity index (χ1) is 8.04. The normalized spacial score (nSPS) is 25.3. The van der Waals surface area contributed by atoms with Gasteiger partial charge in [-0.05, 0) is 24.7 Å². The highest BCUT2D eigenvalue weighted by atomic mass is 15.4. The number of nitrogen functional groups attached to an aromatic ring is 1. The minimum Gasteiger partial charge on any atom is -0.394 e. The molecular formula is C13H24N4. The summed E-state index contributed by atoms with van der Waals surface area (Å²) >= 11 is 0. The fraction of sp³-hybridized carbons (Fsp3) is 0.769. The Bertz CT molecular complexity index is 396. The molecule has 0 saturated carbocycles. The van der Waals surface area contributed by atoms with Gasteiger partial charge in [-0.25, -0.2) is 0 Å². The van der Waals surface area contributed by atoms with Crippen LogP contribution < -0.4 is 10.6 Å². The van der Waals surface area contributed by atoms with Crippen LogP contribution in [0.1, 0.15) is 32.9 Å². The van der Waals surface area contributed by atoms with Crippen molar-refractivity contribution >= 4 is 11.5 Å². The van der Waals surface area contributed by atoms with Crippen molar-refractivity contribution in [2.45, 2.75) is 33.6 Å². The van der Waals surface area contributed by atoms with Gasteiger partial charge in [-0.2, -0.15) is 5.10 Å². The van der Waals surface area contributed by atoms with Crippen LogP contribution in [0, 0.1) is 11.8 Å². The molecular weight excluding hydrogens is 212 g/mol. The molecule has 0 radical (unpaired) electrons. The Morgan fingerprint density at radius 3 is 2.59 bits per heavy atom. The quantitative estimate of drug-likeness (QED) is 0.855. The van der Waals surface area contributed by atoms with Gasteiger partial charge in [-0.15, -0.1) is 0 Å². The van der Waals surface area contributed by atoms with Crippen LogP contribution in [0.15, 0.2) is 0 Å². The molecule has 1 aromatic rings. The monoisotopic (exact) mass is 236 g/mol. The Morgan fingerprint density at radius 2 is 2.06 bits per heavy atom. The molecule has 2 unspecified atom stereocenters. The molecule has 1 saturated heterocycles. The second kappa shape index (κ2) is 4.59. The van der Waals surface area contributed by atoms with Gasteiger partial charge in [0.2, 0.25) is 0 Å². The molecule has 4 nitrogen and oxygen atoms in total. The summed E-state index contributed by atoms with van der Waals surface area (Å²) in [5.74, 6) is 2.65. The van der Waals surface area contributed by atoms with Crippen LogP contribution in [0.4, 0.5) is 11.5 Å². The van der Waals surface area contributed by atoms with E-state index in [4.69, 9.17) is 5.73 Å².